The summed E-state index contributed by atoms with van der Waals surface area (Å²) < 4.78 is 19.9. The number of benzene rings is 2. The number of nitrogens with zero attached hydrogens (tertiary/aromatic N) is 3. The lowest BCUT2D eigenvalue weighted by atomic mass is 10.1. The van der Waals surface area contributed by atoms with Gasteiger partial charge in [-0.2, -0.15) is 0 Å². The van der Waals surface area contributed by atoms with E-state index >= 15 is 0 Å². The fourth-order valence-electron chi connectivity index (χ4n) is 4.24. The van der Waals surface area contributed by atoms with E-state index in [9.17, 15) is 9.18 Å². The normalized spacial score (nSPS) is 18.9. The van der Waals surface area contributed by atoms with Gasteiger partial charge in [0.05, 0.1) is 16.9 Å². The second-order valence-corrected chi connectivity index (χ2v) is 9.51. The zero-order valence-electron chi connectivity index (χ0n) is 19.6. The summed E-state index contributed by atoms with van der Waals surface area (Å²) >= 11 is 12.3. The lowest BCUT2D eigenvalue weighted by molar-refractivity contribution is 0.0674. The van der Waals surface area contributed by atoms with Crippen molar-refractivity contribution < 1.29 is 13.9 Å². The van der Waals surface area contributed by atoms with Crippen molar-refractivity contribution in [3.63, 3.8) is 0 Å². The Morgan fingerprint density at radius 2 is 1.94 bits per heavy atom. The Morgan fingerprint density at radius 3 is 2.66 bits per heavy atom. The molecule has 0 bridgehead atoms. The maximum Gasteiger partial charge on any atom is 0.258 e. The first-order valence-electron chi connectivity index (χ1n) is 11.2. The van der Waals surface area contributed by atoms with Gasteiger partial charge in [0.25, 0.3) is 11.8 Å². The Bertz CT molecular complexity index is 1250. The molecule has 0 radical (unpaired) electrons. The van der Waals surface area contributed by atoms with Gasteiger partial charge >= 0.3 is 0 Å². The average Bonchev–Trinajstić information content (AvgIpc) is 2.82. The van der Waals surface area contributed by atoms with Crippen LogP contribution in [-0.2, 0) is 0 Å². The number of carbonyl (C=O) groups is 1. The molecular weight excluding hydrogens is 492 g/mol. The topological polar surface area (TPSA) is 93.4 Å². The lowest BCUT2D eigenvalue weighted by Gasteiger charge is -2.36. The maximum absolute atomic E-state index is 14.0. The summed E-state index contributed by atoms with van der Waals surface area (Å²) in [5, 5.41) is 3.56. The van der Waals surface area contributed by atoms with Gasteiger partial charge in [0.15, 0.2) is 5.82 Å². The van der Waals surface area contributed by atoms with Gasteiger partial charge in [0, 0.05) is 46.9 Å². The van der Waals surface area contributed by atoms with Gasteiger partial charge in [-0.25, -0.2) is 14.4 Å². The van der Waals surface area contributed by atoms with Crippen LogP contribution < -0.4 is 15.8 Å². The van der Waals surface area contributed by atoms with Gasteiger partial charge in [-0.05, 0) is 45.0 Å². The summed E-state index contributed by atoms with van der Waals surface area (Å²) in [6.45, 7) is 7.05. The molecule has 1 saturated heterocycles. The summed E-state index contributed by atoms with van der Waals surface area (Å²) in [4.78, 5) is 23.7. The lowest BCUT2D eigenvalue weighted by Crippen LogP contribution is -2.55. The minimum atomic E-state index is -0.748. The predicted octanol–water partition coefficient (Wildman–Crippen LogP) is 5.13. The molecule has 0 aliphatic carbocycles. The van der Waals surface area contributed by atoms with Crippen molar-refractivity contribution in [2.75, 3.05) is 18.8 Å². The molecule has 0 saturated carbocycles. The Labute approximate surface area is 213 Å². The molecule has 35 heavy (non-hydrogen) atoms. The quantitative estimate of drug-likeness (QED) is 0.455. The van der Waals surface area contributed by atoms with Crippen molar-refractivity contribution in [2.24, 2.45) is 0 Å². The molecule has 4 rings (SSSR count). The van der Waals surface area contributed by atoms with Crippen LogP contribution in [0.2, 0.25) is 10.0 Å². The van der Waals surface area contributed by atoms with Crippen molar-refractivity contribution in [2.45, 2.75) is 39.0 Å². The highest BCUT2D eigenvalue weighted by Crippen LogP contribution is 2.35. The molecule has 3 N–H and O–H groups in total. The minimum Gasteiger partial charge on any atom is -0.467 e. The molecule has 1 aliphatic rings. The molecule has 3 aromatic rings. The highest BCUT2D eigenvalue weighted by molar-refractivity contribution is 6.36. The number of halogens is 3. The van der Waals surface area contributed by atoms with Crippen LogP contribution in [0.15, 0.2) is 42.6 Å². The molecule has 3 atom stereocenters. The molecule has 7 nitrogen and oxygen atoms in total. The number of amides is 1. The molecule has 1 aromatic heterocycles. The Morgan fingerprint density at radius 1 is 1.23 bits per heavy atom. The van der Waals surface area contributed by atoms with Crippen LogP contribution in [0, 0.1) is 5.82 Å². The van der Waals surface area contributed by atoms with Crippen LogP contribution >= 0.6 is 23.2 Å². The summed E-state index contributed by atoms with van der Waals surface area (Å²) in [6, 6.07) is 10.2. The van der Waals surface area contributed by atoms with E-state index < -0.39 is 11.9 Å². The molecule has 3 unspecified atom stereocenters. The maximum atomic E-state index is 14.0. The van der Waals surface area contributed by atoms with E-state index in [-0.39, 0.29) is 45.3 Å². The number of nitrogens with one attached hydrogen (secondary N) is 1. The first kappa shape index (κ1) is 25.2. The monoisotopic (exact) mass is 517 g/mol. The Hall–Kier alpha value is -2.94. The summed E-state index contributed by atoms with van der Waals surface area (Å²) in [6.07, 6.45) is 0.759. The third kappa shape index (κ3) is 5.50. The predicted molar refractivity (Wildman–Crippen MR) is 135 cm³/mol. The largest absolute Gasteiger partial charge is 0.467 e. The second-order valence-electron chi connectivity index (χ2n) is 8.72. The van der Waals surface area contributed by atoms with E-state index in [0.29, 0.717) is 29.9 Å². The van der Waals surface area contributed by atoms with Gasteiger partial charge in [0.2, 0.25) is 0 Å². The number of rotatable bonds is 5. The first-order chi connectivity index (χ1) is 16.6. The molecular formula is C25H26Cl2FN5O2. The minimum absolute atomic E-state index is 0.0454. The number of nitrogen functional groups attached to an aromatic ring is 1. The van der Waals surface area contributed by atoms with Crippen molar-refractivity contribution in [3.8, 4) is 17.1 Å². The van der Waals surface area contributed by atoms with Gasteiger partial charge < -0.3 is 20.7 Å². The fourth-order valence-corrected chi connectivity index (χ4v) is 4.91. The number of anilines is 1. The molecule has 1 amide bonds. The highest BCUT2D eigenvalue weighted by atomic mass is 35.5. The molecule has 2 heterocycles. The summed E-state index contributed by atoms with van der Waals surface area (Å²) in [5.74, 6) is -0.548. The van der Waals surface area contributed by atoms with Crippen LogP contribution in [0.3, 0.4) is 0 Å². The smallest absolute Gasteiger partial charge is 0.258 e. The molecule has 2 aromatic carbocycles. The number of ether oxygens (including phenoxy) is 1. The number of carbonyl (C=O) groups excluding carboxylic acids is 1. The van der Waals surface area contributed by atoms with Crippen LogP contribution in [0.5, 0.6) is 5.88 Å². The van der Waals surface area contributed by atoms with E-state index in [1.165, 1.54) is 18.3 Å². The van der Waals surface area contributed by atoms with E-state index in [1.807, 2.05) is 11.0 Å². The third-order valence-electron chi connectivity index (χ3n) is 5.79. The number of piperazine rings is 1. The number of hydrogen-bond donors (Lipinski definition) is 2. The number of aromatic nitrogens is 2. The zero-order valence-corrected chi connectivity index (χ0v) is 21.1. The molecule has 10 heteroatoms. The Balaban J connectivity index is 1.60. The van der Waals surface area contributed by atoms with Gasteiger partial charge in [-0.15, -0.1) is 0 Å². The van der Waals surface area contributed by atoms with E-state index in [0.717, 1.165) is 0 Å². The second kappa shape index (κ2) is 10.4. The standard InChI is InChI=1S/C25H26Cl2FN5O2/c1-13-11-33(12-14(2)31-13)25(34)17-6-4-5-16(9-17)20-10-30-23(29)24(32-20)35-15(3)21-18(26)7-8-19(28)22(21)27/h4-10,13-15,31H,11-12H2,1-3H3,(H2,29,30). The fraction of sp³-hybridized carbons (Fsp3) is 0.320. The van der Waals surface area contributed by atoms with Gasteiger partial charge in [0.1, 0.15) is 11.9 Å². The Kier molecular flexibility index (Phi) is 7.44. The average molecular weight is 518 g/mol. The third-order valence-corrected chi connectivity index (χ3v) is 6.51. The summed E-state index contributed by atoms with van der Waals surface area (Å²) in [5.41, 5.74) is 7.98. The van der Waals surface area contributed by atoms with Crippen LogP contribution in [0.25, 0.3) is 11.3 Å². The van der Waals surface area contributed by atoms with Crippen molar-refractivity contribution in [3.05, 3.63) is 69.6 Å². The van der Waals surface area contributed by atoms with Crippen LogP contribution in [0.1, 0.15) is 42.8 Å². The van der Waals surface area contributed by atoms with E-state index in [2.05, 4.69) is 29.1 Å². The van der Waals surface area contributed by atoms with Crippen molar-refractivity contribution in [1.82, 2.24) is 20.2 Å². The van der Waals surface area contributed by atoms with Crippen molar-refractivity contribution in [1.29, 1.82) is 0 Å². The van der Waals surface area contributed by atoms with Gasteiger partial charge in [-0.1, -0.05) is 35.3 Å². The summed E-state index contributed by atoms with van der Waals surface area (Å²) in [7, 11) is 0. The van der Waals surface area contributed by atoms with Crippen LogP contribution in [-0.4, -0.2) is 45.9 Å². The molecule has 0 spiro atoms. The SMILES string of the molecule is CC1CN(C(=O)c2cccc(-c3cnc(N)c(OC(C)c4c(Cl)ccc(F)c4Cl)n3)c2)CC(C)N1. The van der Waals surface area contributed by atoms with Crippen LogP contribution in [0.4, 0.5) is 10.2 Å². The van der Waals surface area contributed by atoms with E-state index in [4.69, 9.17) is 33.7 Å². The van der Waals surface area contributed by atoms with Crippen molar-refractivity contribution >= 4 is 34.9 Å². The van der Waals surface area contributed by atoms with E-state index in [1.54, 1.807) is 25.1 Å². The van der Waals surface area contributed by atoms with Gasteiger partial charge in [-0.3, -0.25) is 4.79 Å². The first-order valence-corrected chi connectivity index (χ1v) is 12.0. The highest BCUT2D eigenvalue weighted by Gasteiger charge is 2.26. The molecule has 1 aliphatic heterocycles. The number of hydrogen-bond acceptors (Lipinski definition) is 6. The molecule has 1 fully saturated rings. The number of nitrogens with two attached hydrogens (primary N) is 1. The molecule has 184 valence electrons. The zero-order chi connectivity index (χ0) is 25.3.